The summed E-state index contributed by atoms with van der Waals surface area (Å²) in [5.41, 5.74) is 1.17. The Morgan fingerprint density at radius 1 is 1.31 bits per heavy atom. The zero-order valence-corrected chi connectivity index (χ0v) is 20.1. The lowest BCUT2D eigenvalue weighted by Crippen LogP contribution is -2.48. The fraction of sp³-hybridized carbons (Fsp3) is 0.789. The summed E-state index contributed by atoms with van der Waals surface area (Å²) in [5, 5.41) is 10.3. The Bertz CT molecular complexity index is 544. The van der Waals surface area contributed by atoms with E-state index in [0.717, 1.165) is 18.2 Å². The topological polar surface area (TPSA) is 52.5 Å². The monoisotopic (exact) mass is 493 g/mol. The zero-order valence-electron chi connectivity index (χ0n) is 17.0. The van der Waals surface area contributed by atoms with Crippen molar-refractivity contribution in [1.82, 2.24) is 20.5 Å². The molecule has 150 valence electrons. The molecule has 1 aromatic rings. The van der Waals surface area contributed by atoms with Crippen LogP contribution in [0.3, 0.4) is 0 Å². The lowest BCUT2D eigenvalue weighted by atomic mass is 9.98. The Hall–Kier alpha value is -0.410. The fourth-order valence-electron chi connectivity index (χ4n) is 3.01. The van der Waals surface area contributed by atoms with Gasteiger partial charge in [0.2, 0.25) is 0 Å². The third kappa shape index (κ3) is 7.68. The summed E-state index contributed by atoms with van der Waals surface area (Å²) in [4.78, 5) is 12.1. The van der Waals surface area contributed by atoms with Crippen molar-refractivity contribution in [1.29, 1.82) is 0 Å². The molecule has 0 atom stereocenters. The van der Waals surface area contributed by atoms with Gasteiger partial charge < -0.3 is 15.5 Å². The molecule has 2 heterocycles. The van der Waals surface area contributed by atoms with Crippen molar-refractivity contribution in [3.8, 4) is 0 Å². The van der Waals surface area contributed by atoms with E-state index in [0.29, 0.717) is 12.6 Å². The van der Waals surface area contributed by atoms with Crippen LogP contribution in [0.2, 0.25) is 0 Å². The lowest BCUT2D eigenvalue weighted by Gasteiger charge is -2.32. The van der Waals surface area contributed by atoms with Gasteiger partial charge in [0.15, 0.2) is 5.96 Å². The molecule has 0 aliphatic carbocycles. The lowest BCUT2D eigenvalue weighted by molar-refractivity contribution is 0.206. The number of aliphatic imine (C=N–C) groups is 1. The number of likely N-dealkylation sites (tertiary alicyclic amines) is 1. The Kier molecular flexibility index (Phi) is 10.4. The molecule has 0 radical (unpaired) electrons. The van der Waals surface area contributed by atoms with Crippen molar-refractivity contribution < 1.29 is 0 Å². The van der Waals surface area contributed by atoms with Crippen LogP contribution < -0.4 is 10.6 Å². The van der Waals surface area contributed by atoms with Crippen LogP contribution in [0.4, 0.5) is 0 Å². The summed E-state index contributed by atoms with van der Waals surface area (Å²) in [5.74, 6) is 0.918. The van der Waals surface area contributed by atoms with Gasteiger partial charge in [0, 0.05) is 36.5 Å². The summed E-state index contributed by atoms with van der Waals surface area (Å²) in [6.45, 7) is 16.1. The van der Waals surface area contributed by atoms with Crippen molar-refractivity contribution in [2.45, 2.75) is 71.9 Å². The molecule has 0 amide bonds. The number of hydrogen-bond donors (Lipinski definition) is 2. The summed E-state index contributed by atoms with van der Waals surface area (Å²) < 4.78 is 0. The molecule has 2 rings (SSSR count). The first kappa shape index (κ1) is 23.6. The van der Waals surface area contributed by atoms with E-state index in [1.54, 1.807) is 11.3 Å². The van der Waals surface area contributed by atoms with Crippen LogP contribution in [-0.2, 0) is 12.0 Å². The molecule has 26 heavy (non-hydrogen) atoms. The summed E-state index contributed by atoms with van der Waals surface area (Å²) >= 11 is 1.74. The molecule has 0 saturated carbocycles. The van der Waals surface area contributed by atoms with Gasteiger partial charge in [-0.1, -0.05) is 27.7 Å². The largest absolute Gasteiger partial charge is 0.357 e. The molecule has 1 aliphatic heterocycles. The average Bonchev–Trinajstić information content (AvgIpc) is 3.04. The number of guanidine groups is 1. The molecule has 7 heteroatoms. The van der Waals surface area contributed by atoms with Gasteiger partial charge in [0.25, 0.3) is 0 Å². The van der Waals surface area contributed by atoms with Crippen molar-refractivity contribution >= 4 is 41.3 Å². The highest BCUT2D eigenvalue weighted by atomic mass is 127. The van der Waals surface area contributed by atoms with E-state index in [1.807, 2.05) is 0 Å². The molecule has 5 nitrogen and oxygen atoms in total. The van der Waals surface area contributed by atoms with Crippen LogP contribution in [0.5, 0.6) is 0 Å². The van der Waals surface area contributed by atoms with Gasteiger partial charge in [-0.15, -0.1) is 35.3 Å². The van der Waals surface area contributed by atoms with Crippen LogP contribution in [0.1, 0.15) is 64.6 Å². The van der Waals surface area contributed by atoms with Gasteiger partial charge in [0.1, 0.15) is 0 Å². The second kappa shape index (κ2) is 11.4. The third-order valence-corrected chi connectivity index (χ3v) is 5.72. The Labute approximate surface area is 180 Å². The van der Waals surface area contributed by atoms with E-state index in [9.17, 15) is 0 Å². The molecular formula is C19H36IN5S. The minimum Gasteiger partial charge on any atom is -0.357 e. The van der Waals surface area contributed by atoms with E-state index >= 15 is 0 Å². The van der Waals surface area contributed by atoms with Crippen molar-refractivity contribution in [3.05, 3.63) is 16.1 Å². The van der Waals surface area contributed by atoms with E-state index in [2.05, 4.69) is 55.5 Å². The zero-order chi connectivity index (χ0) is 18.3. The Morgan fingerprint density at radius 3 is 2.54 bits per heavy atom. The van der Waals surface area contributed by atoms with Crippen molar-refractivity contribution in [3.63, 3.8) is 0 Å². The number of nitrogens with zero attached hydrogens (tertiary/aromatic N) is 3. The summed E-state index contributed by atoms with van der Waals surface area (Å²) in [6, 6.07) is 0.520. The number of halogens is 1. The first-order valence-electron chi connectivity index (χ1n) is 9.64. The molecule has 1 saturated heterocycles. The predicted octanol–water partition coefficient (Wildman–Crippen LogP) is 3.99. The second-order valence-electron chi connectivity index (χ2n) is 7.85. The maximum Gasteiger partial charge on any atom is 0.191 e. The van der Waals surface area contributed by atoms with Crippen LogP contribution in [0.15, 0.2) is 10.4 Å². The van der Waals surface area contributed by atoms with Crippen LogP contribution in [-0.4, -0.2) is 48.1 Å². The van der Waals surface area contributed by atoms with E-state index in [1.165, 1.54) is 43.9 Å². The first-order chi connectivity index (χ1) is 11.9. The fourth-order valence-corrected chi connectivity index (χ4v) is 3.91. The molecule has 0 spiro atoms. The van der Waals surface area contributed by atoms with Crippen LogP contribution in [0.25, 0.3) is 0 Å². The molecule has 0 bridgehead atoms. The molecule has 1 fully saturated rings. The SMILES string of the molecule is CCCN1CCC(NC(=NCc2csc(C(C)(C)C)n2)NCC)CC1.I. The number of nitrogens with one attached hydrogen (secondary N) is 2. The van der Waals surface area contributed by atoms with Gasteiger partial charge in [-0.05, 0) is 32.7 Å². The molecule has 1 aliphatic rings. The number of aromatic nitrogens is 1. The molecule has 0 aromatic carbocycles. The van der Waals surface area contributed by atoms with E-state index in [-0.39, 0.29) is 29.4 Å². The minimum atomic E-state index is 0. The van der Waals surface area contributed by atoms with Gasteiger partial charge >= 0.3 is 0 Å². The van der Waals surface area contributed by atoms with E-state index < -0.39 is 0 Å². The normalized spacial score (nSPS) is 17.0. The minimum absolute atomic E-state index is 0. The number of thiazole rings is 1. The van der Waals surface area contributed by atoms with Crippen molar-refractivity contribution in [2.24, 2.45) is 4.99 Å². The van der Waals surface area contributed by atoms with Gasteiger partial charge in [0.05, 0.1) is 17.2 Å². The third-order valence-electron chi connectivity index (χ3n) is 4.40. The van der Waals surface area contributed by atoms with E-state index in [4.69, 9.17) is 9.98 Å². The van der Waals surface area contributed by atoms with Gasteiger partial charge in [-0.2, -0.15) is 0 Å². The highest BCUT2D eigenvalue weighted by Crippen LogP contribution is 2.25. The maximum atomic E-state index is 4.75. The molecule has 1 aromatic heterocycles. The molecular weight excluding hydrogens is 457 g/mol. The number of hydrogen-bond acceptors (Lipinski definition) is 4. The quantitative estimate of drug-likeness (QED) is 0.358. The van der Waals surface area contributed by atoms with Gasteiger partial charge in [-0.25, -0.2) is 9.98 Å². The molecule has 0 unspecified atom stereocenters. The Balaban J connectivity index is 0.00000338. The first-order valence-corrected chi connectivity index (χ1v) is 10.5. The summed E-state index contributed by atoms with van der Waals surface area (Å²) in [6.07, 6.45) is 3.62. The standard InChI is InChI=1S/C19H35N5S.HI/c1-6-10-24-11-8-15(9-12-24)23-18(20-7-2)21-13-16-14-25-17(22-16)19(3,4)5;/h14-15H,6-13H2,1-5H3,(H2,20,21,23);1H. The van der Waals surface area contributed by atoms with Crippen LogP contribution >= 0.6 is 35.3 Å². The smallest absolute Gasteiger partial charge is 0.191 e. The second-order valence-corrected chi connectivity index (χ2v) is 8.71. The highest BCUT2D eigenvalue weighted by molar-refractivity contribution is 14.0. The number of piperidine rings is 1. The Morgan fingerprint density at radius 2 is 2.00 bits per heavy atom. The molecule has 2 N–H and O–H groups in total. The number of rotatable bonds is 6. The highest BCUT2D eigenvalue weighted by Gasteiger charge is 2.20. The predicted molar refractivity (Wildman–Crippen MR) is 124 cm³/mol. The van der Waals surface area contributed by atoms with Crippen molar-refractivity contribution in [2.75, 3.05) is 26.2 Å². The maximum absolute atomic E-state index is 4.75. The average molecular weight is 494 g/mol. The van der Waals surface area contributed by atoms with Gasteiger partial charge in [-0.3, -0.25) is 0 Å². The summed E-state index contributed by atoms with van der Waals surface area (Å²) in [7, 11) is 0. The van der Waals surface area contributed by atoms with Crippen LogP contribution in [0, 0.1) is 0 Å².